The van der Waals surface area contributed by atoms with Gasteiger partial charge in [-0.25, -0.2) is 0 Å². The molecule has 1 aromatic carbocycles. The molecule has 1 aliphatic rings. The van der Waals surface area contributed by atoms with Crippen molar-refractivity contribution in [1.29, 1.82) is 0 Å². The molecule has 0 spiro atoms. The highest BCUT2D eigenvalue weighted by atomic mass is 15.2. The minimum atomic E-state index is 1.01. The zero-order chi connectivity index (χ0) is 18.4. The molecule has 0 amide bonds. The topological polar surface area (TPSA) is 31.4 Å². The smallest absolute Gasteiger partial charge is 0.0416 e. The standard InChI is InChI=1S/C22H32N4/c1-4-10-23-22-16-19(6-5-18(22)2)20-7-8-21(24-17-20)9-11-26-14-12-25(3)13-15-26/h5-8,16-17,23H,4,9-15H2,1-3H3. The van der Waals surface area contributed by atoms with E-state index in [0.29, 0.717) is 0 Å². The summed E-state index contributed by atoms with van der Waals surface area (Å²) >= 11 is 0. The number of aryl methyl sites for hydroxylation is 1. The zero-order valence-corrected chi connectivity index (χ0v) is 16.5. The van der Waals surface area contributed by atoms with Gasteiger partial charge in [0.25, 0.3) is 0 Å². The molecule has 0 radical (unpaired) electrons. The normalized spacial score (nSPS) is 16.0. The predicted octanol–water partition coefficient (Wildman–Crippen LogP) is 3.67. The molecule has 1 saturated heterocycles. The highest BCUT2D eigenvalue weighted by Gasteiger charge is 2.13. The van der Waals surface area contributed by atoms with E-state index in [4.69, 9.17) is 4.98 Å². The number of likely N-dealkylation sites (N-methyl/N-ethyl adjacent to an activating group) is 1. The van der Waals surface area contributed by atoms with Crippen LogP contribution in [0.5, 0.6) is 0 Å². The summed E-state index contributed by atoms with van der Waals surface area (Å²) in [7, 11) is 2.20. The van der Waals surface area contributed by atoms with E-state index in [1.807, 2.05) is 6.20 Å². The van der Waals surface area contributed by atoms with E-state index in [9.17, 15) is 0 Å². The molecule has 26 heavy (non-hydrogen) atoms. The first-order valence-electron chi connectivity index (χ1n) is 9.86. The van der Waals surface area contributed by atoms with Gasteiger partial charge < -0.3 is 15.1 Å². The first-order chi connectivity index (χ1) is 12.7. The molecule has 1 N–H and O–H groups in total. The van der Waals surface area contributed by atoms with E-state index in [1.54, 1.807) is 0 Å². The molecule has 4 heteroatoms. The Morgan fingerprint density at radius 2 is 1.81 bits per heavy atom. The summed E-state index contributed by atoms with van der Waals surface area (Å²) in [6, 6.07) is 11.0. The van der Waals surface area contributed by atoms with Crippen molar-refractivity contribution in [3.05, 3.63) is 47.8 Å². The Morgan fingerprint density at radius 3 is 2.50 bits per heavy atom. The number of aromatic nitrogens is 1. The number of anilines is 1. The highest BCUT2D eigenvalue weighted by Crippen LogP contribution is 2.25. The third-order valence-electron chi connectivity index (χ3n) is 5.24. The molecule has 0 saturated carbocycles. The van der Waals surface area contributed by atoms with Crippen LogP contribution in [0.15, 0.2) is 36.5 Å². The Kier molecular flexibility index (Phi) is 6.64. The maximum absolute atomic E-state index is 4.71. The lowest BCUT2D eigenvalue weighted by Crippen LogP contribution is -2.45. The second-order valence-electron chi connectivity index (χ2n) is 7.39. The van der Waals surface area contributed by atoms with Gasteiger partial charge in [-0.2, -0.15) is 0 Å². The van der Waals surface area contributed by atoms with Gasteiger partial charge in [-0.05, 0) is 43.7 Å². The van der Waals surface area contributed by atoms with E-state index in [0.717, 1.165) is 25.9 Å². The Labute approximate surface area is 158 Å². The van der Waals surface area contributed by atoms with Crippen molar-refractivity contribution in [1.82, 2.24) is 14.8 Å². The van der Waals surface area contributed by atoms with Gasteiger partial charge in [0, 0.05) is 68.8 Å². The van der Waals surface area contributed by atoms with Crippen molar-refractivity contribution in [3.8, 4) is 11.1 Å². The average molecular weight is 353 g/mol. The van der Waals surface area contributed by atoms with E-state index in [2.05, 4.69) is 66.3 Å². The minimum absolute atomic E-state index is 1.01. The molecule has 0 bridgehead atoms. The monoisotopic (exact) mass is 352 g/mol. The second-order valence-corrected chi connectivity index (χ2v) is 7.39. The number of pyridine rings is 1. The van der Waals surface area contributed by atoms with Crippen molar-refractivity contribution in [2.24, 2.45) is 0 Å². The lowest BCUT2D eigenvalue weighted by Gasteiger charge is -2.32. The van der Waals surface area contributed by atoms with Crippen LogP contribution in [0.3, 0.4) is 0 Å². The van der Waals surface area contributed by atoms with E-state index < -0.39 is 0 Å². The van der Waals surface area contributed by atoms with Crippen LogP contribution in [0, 0.1) is 6.92 Å². The van der Waals surface area contributed by atoms with Crippen LogP contribution >= 0.6 is 0 Å². The summed E-state index contributed by atoms with van der Waals surface area (Å²) in [5.41, 5.74) is 6.12. The van der Waals surface area contributed by atoms with Gasteiger partial charge in [0.15, 0.2) is 0 Å². The average Bonchev–Trinajstić information content (AvgIpc) is 2.67. The van der Waals surface area contributed by atoms with Gasteiger partial charge in [0.05, 0.1) is 0 Å². The second kappa shape index (κ2) is 9.15. The van der Waals surface area contributed by atoms with Crippen molar-refractivity contribution in [2.45, 2.75) is 26.7 Å². The first kappa shape index (κ1) is 18.9. The van der Waals surface area contributed by atoms with Crippen LogP contribution in [0.1, 0.15) is 24.6 Å². The molecule has 3 rings (SSSR count). The van der Waals surface area contributed by atoms with Gasteiger partial charge in [-0.15, -0.1) is 0 Å². The van der Waals surface area contributed by atoms with E-state index >= 15 is 0 Å². The van der Waals surface area contributed by atoms with E-state index in [1.165, 1.54) is 54.3 Å². The summed E-state index contributed by atoms with van der Waals surface area (Å²) in [5.74, 6) is 0. The fourth-order valence-corrected chi connectivity index (χ4v) is 3.34. The number of nitrogens with zero attached hydrogens (tertiary/aromatic N) is 3. The van der Waals surface area contributed by atoms with Gasteiger partial charge in [-0.3, -0.25) is 4.98 Å². The lowest BCUT2D eigenvalue weighted by atomic mass is 10.0. The van der Waals surface area contributed by atoms with Crippen molar-refractivity contribution in [2.75, 3.05) is 51.6 Å². The molecule has 2 aromatic rings. The Bertz CT molecular complexity index is 688. The van der Waals surface area contributed by atoms with Crippen molar-refractivity contribution in [3.63, 3.8) is 0 Å². The molecule has 1 fully saturated rings. The SMILES string of the molecule is CCCNc1cc(-c2ccc(CCN3CCN(C)CC3)nc2)ccc1C. The summed E-state index contributed by atoms with van der Waals surface area (Å²) in [6.45, 7) is 11.2. The summed E-state index contributed by atoms with van der Waals surface area (Å²) < 4.78 is 0. The Morgan fingerprint density at radius 1 is 1.04 bits per heavy atom. The molecule has 2 heterocycles. The Balaban J connectivity index is 1.60. The first-order valence-corrected chi connectivity index (χ1v) is 9.86. The maximum Gasteiger partial charge on any atom is 0.0416 e. The summed E-state index contributed by atoms with van der Waals surface area (Å²) in [5, 5.41) is 3.51. The van der Waals surface area contributed by atoms with Gasteiger partial charge >= 0.3 is 0 Å². The van der Waals surface area contributed by atoms with Gasteiger partial charge in [-0.1, -0.05) is 25.1 Å². The zero-order valence-electron chi connectivity index (χ0n) is 16.5. The van der Waals surface area contributed by atoms with Crippen molar-refractivity contribution >= 4 is 5.69 Å². The molecule has 1 aliphatic heterocycles. The summed E-state index contributed by atoms with van der Waals surface area (Å²) in [6.07, 6.45) is 4.18. The molecule has 1 aromatic heterocycles. The third kappa shape index (κ3) is 5.05. The number of hydrogen-bond donors (Lipinski definition) is 1. The highest BCUT2D eigenvalue weighted by molar-refractivity contribution is 5.69. The molecular weight excluding hydrogens is 320 g/mol. The Hall–Kier alpha value is -1.91. The maximum atomic E-state index is 4.71. The number of nitrogens with one attached hydrogen (secondary N) is 1. The van der Waals surface area contributed by atoms with Crippen LogP contribution in [-0.2, 0) is 6.42 Å². The van der Waals surface area contributed by atoms with Crippen molar-refractivity contribution < 1.29 is 0 Å². The number of hydrogen-bond acceptors (Lipinski definition) is 4. The molecule has 4 nitrogen and oxygen atoms in total. The van der Waals surface area contributed by atoms with E-state index in [-0.39, 0.29) is 0 Å². The molecule has 0 aliphatic carbocycles. The van der Waals surface area contributed by atoms with Crippen LogP contribution in [0.2, 0.25) is 0 Å². The molecule has 140 valence electrons. The fraction of sp³-hybridized carbons (Fsp3) is 0.500. The summed E-state index contributed by atoms with van der Waals surface area (Å²) in [4.78, 5) is 9.65. The molecular formula is C22H32N4. The number of piperazine rings is 1. The largest absolute Gasteiger partial charge is 0.385 e. The van der Waals surface area contributed by atoms with Gasteiger partial charge in [0.2, 0.25) is 0 Å². The van der Waals surface area contributed by atoms with Crippen LogP contribution in [0.25, 0.3) is 11.1 Å². The number of rotatable bonds is 7. The van der Waals surface area contributed by atoms with Crippen LogP contribution in [-0.4, -0.2) is 61.1 Å². The lowest BCUT2D eigenvalue weighted by molar-refractivity contribution is 0.155. The molecule has 0 unspecified atom stereocenters. The minimum Gasteiger partial charge on any atom is -0.385 e. The van der Waals surface area contributed by atoms with Crippen LogP contribution in [0.4, 0.5) is 5.69 Å². The number of benzene rings is 1. The van der Waals surface area contributed by atoms with Gasteiger partial charge in [0.1, 0.15) is 0 Å². The predicted molar refractivity (Wildman–Crippen MR) is 111 cm³/mol. The quantitative estimate of drug-likeness (QED) is 0.824. The molecule has 0 atom stereocenters. The van der Waals surface area contributed by atoms with Crippen LogP contribution < -0.4 is 5.32 Å². The fourth-order valence-electron chi connectivity index (χ4n) is 3.34. The third-order valence-corrected chi connectivity index (χ3v) is 5.24.